The molecule has 0 saturated carbocycles. The number of carbonyl (C=O) groups is 3. The molecule has 10 heteroatoms. The number of hydrogen-bond acceptors (Lipinski definition) is 5. The van der Waals surface area contributed by atoms with Gasteiger partial charge in [0.05, 0.1) is 24.8 Å². The van der Waals surface area contributed by atoms with E-state index < -0.39 is 18.0 Å². The number of nitrogens with one attached hydrogen (secondary N) is 1. The van der Waals surface area contributed by atoms with Crippen molar-refractivity contribution < 1.29 is 28.2 Å². The lowest BCUT2D eigenvalue weighted by Crippen LogP contribution is -2.49. The highest BCUT2D eigenvalue weighted by Gasteiger charge is 2.33. The highest BCUT2D eigenvalue weighted by Crippen LogP contribution is 2.33. The van der Waals surface area contributed by atoms with Gasteiger partial charge in [-0.2, -0.15) is 0 Å². The standard InChI is InChI=1S/C28H31FN4O5/c1-3-38-27(35)20-9-11-23(12-10-20)30-28(36)32(16-17-37-2)19-25(34)33-15-14-31-13-5-8-24(31)26(33)21-6-4-7-22(29)18-21/h4-13,18,26H,3,14-17,19H2,1-2H3,(H,30,36)/t26-/m1/s1. The summed E-state index contributed by atoms with van der Waals surface area (Å²) in [6.07, 6.45) is 1.94. The maximum Gasteiger partial charge on any atom is 0.338 e. The van der Waals surface area contributed by atoms with Crippen LogP contribution in [0.5, 0.6) is 0 Å². The third-order valence-electron chi connectivity index (χ3n) is 6.35. The van der Waals surface area contributed by atoms with E-state index in [1.807, 2.05) is 18.3 Å². The summed E-state index contributed by atoms with van der Waals surface area (Å²) in [7, 11) is 1.52. The second-order valence-electron chi connectivity index (χ2n) is 8.81. The van der Waals surface area contributed by atoms with Gasteiger partial charge in [-0.15, -0.1) is 0 Å². The van der Waals surface area contributed by atoms with Gasteiger partial charge in [-0.3, -0.25) is 4.79 Å². The monoisotopic (exact) mass is 522 g/mol. The number of ether oxygens (including phenoxy) is 2. The number of amides is 3. The average molecular weight is 523 g/mol. The molecule has 0 bridgehead atoms. The number of anilines is 1. The van der Waals surface area contributed by atoms with Gasteiger partial charge in [-0.05, 0) is 61.0 Å². The molecule has 0 fully saturated rings. The van der Waals surface area contributed by atoms with Crippen LogP contribution >= 0.6 is 0 Å². The molecule has 200 valence electrons. The van der Waals surface area contributed by atoms with Crippen LogP contribution < -0.4 is 5.32 Å². The summed E-state index contributed by atoms with van der Waals surface area (Å²) in [6, 6.07) is 15.4. The van der Waals surface area contributed by atoms with Crippen LogP contribution in [0.4, 0.5) is 14.9 Å². The number of aromatic nitrogens is 1. The molecule has 1 aliphatic rings. The van der Waals surface area contributed by atoms with Crippen molar-refractivity contribution in [3.63, 3.8) is 0 Å². The average Bonchev–Trinajstić information content (AvgIpc) is 3.40. The van der Waals surface area contributed by atoms with Crippen LogP contribution in [-0.2, 0) is 20.8 Å². The SMILES string of the molecule is CCOC(=O)c1ccc(NC(=O)N(CCOC)CC(=O)N2CCn3cccc3[C@H]2c2cccc(F)c2)cc1. The third-order valence-corrected chi connectivity index (χ3v) is 6.35. The smallest absolute Gasteiger partial charge is 0.338 e. The van der Waals surface area contributed by atoms with Crippen LogP contribution in [0.25, 0.3) is 0 Å². The number of carbonyl (C=O) groups excluding carboxylic acids is 3. The van der Waals surface area contributed by atoms with Gasteiger partial charge in [-0.1, -0.05) is 12.1 Å². The quantitative estimate of drug-likeness (QED) is 0.430. The summed E-state index contributed by atoms with van der Waals surface area (Å²) in [4.78, 5) is 41.7. The van der Waals surface area contributed by atoms with Crippen molar-refractivity contribution in [3.8, 4) is 0 Å². The van der Waals surface area contributed by atoms with E-state index in [0.717, 1.165) is 5.69 Å². The summed E-state index contributed by atoms with van der Waals surface area (Å²) >= 11 is 0. The Bertz CT molecular complexity index is 1280. The minimum atomic E-state index is -0.484. The summed E-state index contributed by atoms with van der Waals surface area (Å²) in [5, 5.41) is 2.77. The molecule has 1 N–H and O–H groups in total. The molecule has 2 heterocycles. The van der Waals surface area contributed by atoms with Crippen molar-refractivity contribution in [2.24, 2.45) is 0 Å². The lowest BCUT2D eigenvalue weighted by atomic mass is 9.99. The minimum Gasteiger partial charge on any atom is -0.462 e. The highest BCUT2D eigenvalue weighted by atomic mass is 19.1. The van der Waals surface area contributed by atoms with E-state index in [2.05, 4.69) is 9.88 Å². The molecular weight excluding hydrogens is 491 g/mol. The fourth-order valence-electron chi connectivity index (χ4n) is 4.49. The molecule has 3 aromatic rings. The second kappa shape index (κ2) is 12.4. The van der Waals surface area contributed by atoms with Gasteiger partial charge in [-0.25, -0.2) is 14.0 Å². The van der Waals surface area contributed by atoms with E-state index >= 15 is 0 Å². The topological polar surface area (TPSA) is 93.1 Å². The third kappa shape index (κ3) is 6.20. The van der Waals surface area contributed by atoms with Gasteiger partial charge < -0.3 is 29.2 Å². The number of fused-ring (bicyclic) bond motifs is 1. The number of halogens is 1. The fraction of sp³-hybridized carbons (Fsp3) is 0.321. The molecule has 1 aliphatic heterocycles. The normalized spacial score (nSPS) is 14.5. The molecule has 0 saturated heterocycles. The number of rotatable bonds is 9. The lowest BCUT2D eigenvalue weighted by Gasteiger charge is -2.38. The Morgan fingerprint density at radius 2 is 1.87 bits per heavy atom. The zero-order valence-electron chi connectivity index (χ0n) is 21.4. The van der Waals surface area contributed by atoms with Crippen molar-refractivity contribution in [3.05, 3.63) is 89.5 Å². The predicted molar refractivity (Wildman–Crippen MR) is 139 cm³/mol. The van der Waals surface area contributed by atoms with Crippen LogP contribution in [0.15, 0.2) is 66.9 Å². The van der Waals surface area contributed by atoms with Gasteiger partial charge in [0.25, 0.3) is 0 Å². The molecule has 38 heavy (non-hydrogen) atoms. The number of hydrogen-bond donors (Lipinski definition) is 1. The van der Waals surface area contributed by atoms with Crippen molar-refractivity contribution in [1.29, 1.82) is 0 Å². The van der Waals surface area contributed by atoms with E-state index in [4.69, 9.17) is 9.47 Å². The highest BCUT2D eigenvalue weighted by molar-refractivity contribution is 5.94. The number of nitrogens with zero attached hydrogens (tertiary/aromatic N) is 3. The van der Waals surface area contributed by atoms with Gasteiger partial charge >= 0.3 is 12.0 Å². The Morgan fingerprint density at radius 3 is 2.58 bits per heavy atom. The summed E-state index contributed by atoms with van der Waals surface area (Å²) in [6.45, 7) is 3.23. The predicted octanol–water partition coefficient (Wildman–Crippen LogP) is 3.92. The van der Waals surface area contributed by atoms with Crippen molar-refractivity contribution >= 4 is 23.6 Å². The molecule has 3 amide bonds. The maximum absolute atomic E-state index is 14.1. The molecule has 0 aliphatic carbocycles. The Kier molecular flexibility index (Phi) is 8.75. The van der Waals surface area contributed by atoms with E-state index in [9.17, 15) is 18.8 Å². The molecular formula is C28H31FN4O5. The Hall–Kier alpha value is -4.18. The van der Waals surface area contributed by atoms with Crippen LogP contribution in [0, 0.1) is 5.82 Å². The van der Waals surface area contributed by atoms with E-state index in [1.54, 1.807) is 48.2 Å². The number of benzene rings is 2. The zero-order valence-corrected chi connectivity index (χ0v) is 21.4. The molecule has 1 atom stereocenters. The van der Waals surface area contributed by atoms with E-state index in [1.165, 1.54) is 24.1 Å². The van der Waals surface area contributed by atoms with E-state index in [-0.39, 0.29) is 38.0 Å². The first-order chi connectivity index (χ1) is 18.4. The minimum absolute atomic E-state index is 0.184. The van der Waals surface area contributed by atoms with Crippen molar-refractivity contribution in [1.82, 2.24) is 14.4 Å². The van der Waals surface area contributed by atoms with Gasteiger partial charge in [0.1, 0.15) is 12.4 Å². The molecule has 4 rings (SSSR count). The zero-order chi connectivity index (χ0) is 27.1. The molecule has 0 radical (unpaired) electrons. The maximum atomic E-state index is 14.1. The fourth-order valence-corrected chi connectivity index (χ4v) is 4.49. The van der Waals surface area contributed by atoms with Crippen LogP contribution in [0.1, 0.15) is 34.6 Å². The van der Waals surface area contributed by atoms with Crippen LogP contribution in [-0.4, -0.2) is 72.2 Å². The molecule has 2 aromatic carbocycles. The first-order valence-corrected chi connectivity index (χ1v) is 12.4. The Labute approximate surface area is 220 Å². The molecule has 0 unspecified atom stereocenters. The first-order valence-electron chi connectivity index (χ1n) is 12.4. The van der Waals surface area contributed by atoms with E-state index in [0.29, 0.717) is 29.9 Å². The van der Waals surface area contributed by atoms with Gasteiger partial charge in [0, 0.05) is 44.3 Å². The summed E-state index contributed by atoms with van der Waals surface area (Å²) < 4.78 is 26.3. The van der Waals surface area contributed by atoms with Crippen molar-refractivity contribution in [2.45, 2.75) is 19.5 Å². The molecule has 0 spiro atoms. The largest absolute Gasteiger partial charge is 0.462 e. The van der Waals surface area contributed by atoms with Gasteiger partial charge in [0.15, 0.2) is 0 Å². The number of esters is 1. The molecule has 1 aromatic heterocycles. The number of methoxy groups -OCH3 is 1. The van der Waals surface area contributed by atoms with Crippen LogP contribution in [0.2, 0.25) is 0 Å². The van der Waals surface area contributed by atoms with Crippen LogP contribution in [0.3, 0.4) is 0 Å². The summed E-state index contributed by atoms with van der Waals surface area (Å²) in [5.74, 6) is -1.09. The Morgan fingerprint density at radius 1 is 1.08 bits per heavy atom. The molecule has 9 nitrogen and oxygen atoms in total. The lowest BCUT2D eigenvalue weighted by molar-refractivity contribution is -0.134. The Balaban J connectivity index is 1.51. The second-order valence-corrected chi connectivity index (χ2v) is 8.81. The summed E-state index contributed by atoms with van der Waals surface area (Å²) in [5.41, 5.74) is 2.37. The first kappa shape index (κ1) is 26.9. The van der Waals surface area contributed by atoms with Crippen molar-refractivity contribution in [2.75, 3.05) is 45.3 Å². The van der Waals surface area contributed by atoms with Gasteiger partial charge in [0.2, 0.25) is 5.91 Å². The number of urea groups is 1.